The van der Waals surface area contributed by atoms with E-state index in [4.69, 9.17) is 9.47 Å². The van der Waals surface area contributed by atoms with Crippen LogP contribution in [0.5, 0.6) is 11.5 Å². The minimum atomic E-state index is -0.0630. The number of methoxy groups -OCH3 is 1. The molecule has 0 atom stereocenters. The van der Waals surface area contributed by atoms with E-state index in [1.807, 2.05) is 36.1 Å². The Morgan fingerprint density at radius 1 is 0.867 bits per heavy atom. The molecule has 1 heterocycles. The van der Waals surface area contributed by atoms with Crippen LogP contribution in [0.3, 0.4) is 0 Å². The summed E-state index contributed by atoms with van der Waals surface area (Å²) in [6, 6.07) is 13.0. The van der Waals surface area contributed by atoms with E-state index in [9.17, 15) is 9.59 Å². The van der Waals surface area contributed by atoms with Gasteiger partial charge in [-0.25, -0.2) is 0 Å². The van der Waals surface area contributed by atoms with Gasteiger partial charge in [-0.1, -0.05) is 26.0 Å². The lowest BCUT2D eigenvalue weighted by atomic mass is 10.0. The second-order valence-electron chi connectivity index (χ2n) is 7.66. The average Bonchev–Trinajstić information content (AvgIpc) is 2.78. The summed E-state index contributed by atoms with van der Waals surface area (Å²) in [5.74, 6) is 1.55. The normalized spacial score (nSPS) is 14.0. The van der Waals surface area contributed by atoms with Crippen molar-refractivity contribution in [2.45, 2.75) is 26.7 Å². The van der Waals surface area contributed by atoms with Crippen LogP contribution in [0.15, 0.2) is 42.5 Å². The molecule has 0 saturated carbocycles. The zero-order chi connectivity index (χ0) is 21.7. The number of piperazine rings is 1. The molecule has 1 fully saturated rings. The zero-order valence-electron chi connectivity index (χ0n) is 18.2. The maximum absolute atomic E-state index is 12.9. The number of rotatable bonds is 6. The van der Waals surface area contributed by atoms with E-state index in [2.05, 4.69) is 13.8 Å². The Balaban J connectivity index is 1.62. The van der Waals surface area contributed by atoms with Crippen LogP contribution in [0.25, 0.3) is 0 Å². The second-order valence-corrected chi connectivity index (χ2v) is 7.66. The van der Waals surface area contributed by atoms with Gasteiger partial charge in [0, 0.05) is 37.3 Å². The molecule has 0 N–H and O–H groups in total. The van der Waals surface area contributed by atoms with Gasteiger partial charge in [0.1, 0.15) is 0 Å². The van der Waals surface area contributed by atoms with Crippen molar-refractivity contribution < 1.29 is 19.1 Å². The third-order valence-electron chi connectivity index (χ3n) is 5.39. The number of carbonyl (C=O) groups is 2. The molecular formula is C24H30N2O4. The Hall–Kier alpha value is -3.02. The predicted molar refractivity (Wildman–Crippen MR) is 117 cm³/mol. The lowest BCUT2D eigenvalue weighted by Crippen LogP contribution is -2.50. The highest BCUT2D eigenvalue weighted by atomic mass is 16.5. The quantitative estimate of drug-likeness (QED) is 0.727. The molecule has 0 radical (unpaired) electrons. The number of nitrogens with zero attached hydrogens (tertiary/aromatic N) is 2. The Kier molecular flexibility index (Phi) is 6.98. The van der Waals surface area contributed by atoms with Gasteiger partial charge in [-0.2, -0.15) is 0 Å². The van der Waals surface area contributed by atoms with Gasteiger partial charge in [-0.3, -0.25) is 9.59 Å². The highest BCUT2D eigenvalue weighted by molar-refractivity contribution is 5.96. The zero-order valence-corrected chi connectivity index (χ0v) is 18.2. The highest BCUT2D eigenvalue weighted by Gasteiger charge is 2.26. The predicted octanol–water partition coefficient (Wildman–Crippen LogP) is 3.82. The summed E-state index contributed by atoms with van der Waals surface area (Å²) >= 11 is 0. The molecule has 1 aliphatic heterocycles. The molecule has 6 heteroatoms. The Labute approximate surface area is 178 Å². The molecule has 0 bridgehead atoms. The van der Waals surface area contributed by atoms with Crippen LogP contribution in [-0.2, 0) is 0 Å². The van der Waals surface area contributed by atoms with Gasteiger partial charge < -0.3 is 19.3 Å². The number of carbonyl (C=O) groups excluding carboxylic acids is 2. The maximum Gasteiger partial charge on any atom is 0.254 e. The van der Waals surface area contributed by atoms with Crippen LogP contribution >= 0.6 is 0 Å². The SMILES string of the molecule is CCOc1cc(C(=O)N2CCN(C(=O)c3ccc(C(C)C)cc3)CC2)ccc1OC. The van der Waals surface area contributed by atoms with Crippen LogP contribution in [-0.4, -0.2) is 61.5 Å². The standard InChI is InChI=1S/C24H30N2O4/c1-5-30-22-16-20(10-11-21(22)29-4)24(28)26-14-12-25(13-15-26)23(27)19-8-6-18(7-9-19)17(2)3/h6-11,16-17H,5,12-15H2,1-4H3. The molecule has 3 rings (SSSR count). The van der Waals surface area contributed by atoms with Crippen molar-refractivity contribution in [2.75, 3.05) is 39.9 Å². The largest absolute Gasteiger partial charge is 0.493 e. The van der Waals surface area contributed by atoms with Gasteiger partial charge in [0.05, 0.1) is 13.7 Å². The molecule has 0 unspecified atom stereocenters. The molecule has 2 aromatic rings. The third-order valence-corrected chi connectivity index (χ3v) is 5.39. The number of ether oxygens (including phenoxy) is 2. The molecule has 160 valence electrons. The van der Waals surface area contributed by atoms with Crippen molar-refractivity contribution in [3.8, 4) is 11.5 Å². The fourth-order valence-corrected chi connectivity index (χ4v) is 3.57. The second kappa shape index (κ2) is 9.65. The summed E-state index contributed by atoms with van der Waals surface area (Å²) in [6.07, 6.45) is 0. The fourth-order valence-electron chi connectivity index (χ4n) is 3.57. The molecule has 2 aromatic carbocycles. The van der Waals surface area contributed by atoms with Gasteiger partial charge in [0.2, 0.25) is 0 Å². The summed E-state index contributed by atoms with van der Waals surface area (Å²) < 4.78 is 10.9. The summed E-state index contributed by atoms with van der Waals surface area (Å²) in [7, 11) is 1.58. The lowest BCUT2D eigenvalue weighted by Gasteiger charge is -2.35. The average molecular weight is 411 g/mol. The van der Waals surface area contributed by atoms with Gasteiger partial charge in [-0.15, -0.1) is 0 Å². The van der Waals surface area contributed by atoms with Crippen LogP contribution in [0.1, 0.15) is 53.0 Å². The van der Waals surface area contributed by atoms with E-state index in [1.165, 1.54) is 5.56 Å². The van der Waals surface area contributed by atoms with E-state index in [-0.39, 0.29) is 11.8 Å². The molecule has 0 aliphatic carbocycles. The van der Waals surface area contributed by atoms with Crippen molar-refractivity contribution in [1.29, 1.82) is 0 Å². The van der Waals surface area contributed by atoms with Gasteiger partial charge in [-0.05, 0) is 48.7 Å². The number of amides is 2. The fraction of sp³-hybridized carbons (Fsp3) is 0.417. The van der Waals surface area contributed by atoms with Crippen molar-refractivity contribution in [1.82, 2.24) is 9.80 Å². The summed E-state index contributed by atoms with van der Waals surface area (Å²) in [4.78, 5) is 29.3. The van der Waals surface area contributed by atoms with E-state index in [0.717, 1.165) is 0 Å². The first-order chi connectivity index (χ1) is 14.4. The molecule has 30 heavy (non-hydrogen) atoms. The first-order valence-electron chi connectivity index (χ1n) is 10.4. The van der Waals surface area contributed by atoms with Crippen LogP contribution < -0.4 is 9.47 Å². The van der Waals surface area contributed by atoms with Crippen molar-refractivity contribution in [2.24, 2.45) is 0 Å². The lowest BCUT2D eigenvalue weighted by molar-refractivity contribution is 0.0535. The molecule has 1 saturated heterocycles. The minimum Gasteiger partial charge on any atom is -0.493 e. The molecule has 0 spiro atoms. The molecule has 2 amide bonds. The van der Waals surface area contributed by atoms with Gasteiger partial charge >= 0.3 is 0 Å². The summed E-state index contributed by atoms with van der Waals surface area (Å²) in [6.45, 7) is 8.69. The monoisotopic (exact) mass is 410 g/mol. The summed E-state index contributed by atoms with van der Waals surface area (Å²) in [5.41, 5.74) is 2.46. The third kappa shape index (κ3) is 4.75. The van der Waals surface area contributed by atoms with E-state index >= 15 is 0 Å². The van der Waals surface area contributed by atoms with Crippen molar-refractivity contribution in [3.63, 3.8) is 0 Å². The number of hydrogen-bond acceptors (Lipinski definition) is 4. The van der Waals surface area contributed by atoms with E-state index < -0.39 is 0 Å². The van der Waals surface area contributed by atoms with Crippen molar-refractivity contribution in [3.05, 3.63) is 59.2 Å². The molecule has 6 nitrogen and oxygen atoms in total. The van der Waals surface area contributed by atoms with Crippen LogP contribution in [0.2, 0.25) is 0 Å². The summed E-state index contributed by atoms with van der Waals surface area (Å²) in [5, 5.41) is 0. The minimum absolute atomic E-state index is 0.0143. The van der Waals surface area contributed by atoms with Crippen molar-refractivity contribution >= 4 is 11.8 Å². The topological polar surface area (TPSA) is 59.1 Å². The Bertz CT molecular complexity index is 885. The molecule has 0 aromatic heterocycles. The smallest absolute Gasteiger partial charge is 0.254 e. The van der Waals surface area contributed by atoms with Gasteiger partial charge in [0.25, 0.3) is 11.8 Å². The van der Waals surface area contributed by atoms with Crippen LogP contribution in [0, 0.1) is 0 Å². The first kappa shape index (κ1) is 21.7. The van der Waals surface area contributed by atoms with E-state index in [1.54, 1.807) is 30.2 Å². The van der Waals surface area contributed by atoms with E-state index in [0.29, 0.717) is 61.3 Å². The Morgan fingerprint density at radius 2 is 1.40 bits per heavy atom. The molecule has 1 aliphatic rings. The first-order valence-corrected chi connectivity index (χ1v) is 10.4. The highest BCUT2D eigenvalue weighted by Crippen LogP contribution is 2.28. The Morgan fingerprint density at radius 3 is 1.90 bits per heavy atom. The van der Waals surface area contributed by atoms with Gasteiger partial charge in [0.15, 0.2) is 11.5 Å². The number of hydrogen-bond donors (Lipinski definition) is 0. The number of benzene rings is 2. The van der Waals surface area contributed by atoms with Crippen LogP contribution in [0.4, 0.5) is 0 Å². The molecular weight excluding hydrogens is 380 g/mol. The maximum atomic E-state index is 12.9.